The highest BCUT2D eigenvalue weighted by Crippen LogP contribution is 2.27. The van der Waals surface area contributed by atoms with E-state index in [1.807, 2.05) is 0 Å². The van der Waals surface area contributed by atoms with E-state index in [4.69, 9.17) is 10.00 Å². The quantitative estimate of drug-likeness (QED) is 0.704. The van der Waals surface area contributed by atoms with E-state index in [0.29, 0.717) is 0 Å². The van der Waals surface area contributed by atoms with Crippen LogP contribution in [0.15, 0.2) is 12.1 Å². The zero-order valence-corrected chi connectivity index (χ0v) is 9.63. The lowest BCUT2D eigenvalue weighted by Gasteiger charge is -2.11. The van der Waals surface area contributed by atoms with Crippen molar-refractivity contribution < 1.29 is 4.74 Å². The fourth-order valence-corrected chi connectivity index (χ4v) is 1.73. The van der Waals surface area contributed by atoms with Gasteiger partial charge in [0.2, 0.25) is 0 Å². The van der Waals surface area contributed by atoms with E-state index < -0.39 is 0 Å². The summed E-state index contributed by atoms with van der Waals surface area (Å²) in [6.45, 7) is 6.30. The Bertz CT molecular complexity index is 352. The van der Waals surface area contributed by atoms with Gasteiger partial charge in [-0.05, 0) is 36.0 Å². The first kappa shape index (κ1) is 11.6. The number of ether oxygens (including phenoxy) is 1. The third-order valence-corrected chi connectivity index (χ3v) is 2.62. The molecule has 0 amide bonds. The topological polar surface area (TPSA) is 33.0 Å². The number of hydrogen-bond acceptors (Lipinski definition) is 2. The summed E-state index contributed by atoms with van der Waals surface area (Å²) in [5.41, 5.74) is 3.58. The van der Waals surface area contributed by atoms with Crippen molar-refractivity contribution >= 4 is 0 Å². The molecule has 2 heteroatoms. The lowest BCUT2D eigenvalue weighted by molar-refractivity contribution is 0.494. The molecule has 15 heavy (non-hydrogen) atoms. The molecule has 0 bridgehead atoms. The van der Waals surface area contributed by atoms with Crippen LogP contribution >= 0.6 is 0 Å². The molecule has 0 fully saturated rings. The minimum Gasteiger partial charge on any atom is -0.387 e. The van der Waals surface area contributed by atoms with Crippen LogP contribution in [-0.4, -0.2) is 0 Å². The van der Waals surface area contributed by atoms with Gasteiger partial charge in [-0.25, -0.2) is 0 Å². The second kappa shape index (κ2) is 5.41. The summed E-state index contributed by atoms with van der Waals surface area (Å²) in [4.78, 5) is 0. The number of rotatable bonds is 4. The Hall–Kier alpha value is -1.49. The van der Waals surface area contributed by atoms with Crippen LogP contribution in [0, 0.1) is 11.5 Å². The van der Waals surface area contributed by atoms with Crippen LogP contribution in [-0.2, 0) is 19.3 Å². The highest BCUT2D eigenvalue weighted by Gasteiger charge is 2.09. The fraction of sp³-hybridized carbons (Fsp3) is 0.462. The maximum atomic E-state index is 8.61. The second-order valence-corrected chi connectivity index (χ2v) is 3.50. The van der Waals surface area contributed by atoms with Crippen molar-refractivity contribution in [3.8, 4) is 12.0 Å². The van der Waals surface area contributed by atoms with Crippen LogP contribution in [0.4, 0.5) is 0 Å². The Morgan fingerprint density at radius 3 is 1.93 bits per heavy atom. The Morgan fingerprint density at radius 1 is 1.07 bits per heavy atom. The molecule has 0 unspecified atom stereocenters. The lowest BCUT2D eigenvalue weighted by Crippen LogP contribution is -1.98. The van der Waals surface area contributed by atoms with Gasteiger partial charge < -0.3 is 4.74 Å². The third-order valence-electron chi connectivity index (χ3n) is 2.62. The molecule has 0 saturated carbocycles. The molecule has 0 aliphatic rings. The lowest BCUT2D eigenvalue weighted by atomic mass is 9.99. The molecule has 0 atom stereocenters. The fourth-order valence-electron chi connectivity index (χ4n) is 1.73. The molecule has 1 rings (SSSR count). The van der Waals surface area contributed by atoms with E-state index in [1.54, 1.807) is 6.26 Å². The molecule has 1 aromatic carbocycles. The molecule has 0 radical (unpaired) electrons. The smallest absolute Gasteiger partial charge is 0.292 e. The van der Waals surface area contributed by atoms with Gasteiger partial charge in [0.15, 0.2) is 0 Å². The van der Waals surface area contributed by atoms with Crippen molar-refractivity contribution in [2.24, 2.45) is 0 Å². The van der Waals surface area contributed by atoms with Crippen LogP contribution in [0.2, 0.25) is 0 Å². The molecule has 2 nitrogen and oxygen atoms in total. The number of aryl methyl sites for hydroxylation is 3. The van der Waals surface area contributed by atoms with Crippen molar-refractivity contribution in [3.05, 3.63) is 28.8 Å². The van der Waals surface area contributed by atoms with E-state index in [9.17, 15) is 0 Å². The van der Waals surface area contributed by atoms with Gasteiger partial charge in [-0.1, -0.05) is 32.9 Å². The summed E-state index contributed by atoms with van der Waals surface area (Å²) < 4.78 is 5.05. The summed E-state index contributed by atoms with van der Waals surface area (Å²) in [6, 6.07) is 4.26. The van der Waals surface area contributed by atoms with Crippen LogP contribution < -0.4 is 4.74 Å². The second-order valence-electron chi connectivity index (χ2n) is 3.50. The van der Waals surface area contributed by atoms with Crippen LogP contribution in [0.25, 0.3) is 0 Å². The zero-order valence-electron chi connectivity index (χ0n) is 9.63. The Morgan fingerprint density at radius 2 is 1.60 bits per heavy atom. The number of benzene rings is 1. The minimum atomic E-state index is 0.764. The first-order valence-corrected chi connectivity index (χ1v) is 5.47. The highest BCUT2D eigenvalue weighted by atomic mass is 16.5. The summed E-state index contributed by atoms with van der Waals surface area (Å²) in [6.07, 6.45) is 4.59. The predicted octanol–water partition coefficient (Wildman–Crippen LogP) is 3.23. The van der Waals surface area contributed by atoms with E-state index in [2.05, 4.69) is 32.9 Å². The van der Waals surface area contributed by atoms with Crippen molar-refractivity contribution in [2.45, 2.75) is 40.0 Å². The molecule has 1 aromatic rings. The maximum Gasteiger partial charge on any atom is 0.292 e. The van der Waals surface area contributed by atoms with E-state index in [1.165, 1.54) is 5.56 Å². The summed E-state index contributed by atoms with van der Waals surface area (Å²) in [5, 5.41) is 8.61. The number of nitrogens with zero attached hydrogens (tertiary/aromatic N) is 1. The van der Waals surface area contributed by atoms with Gasteiger partial charge in [-0.15, -0.1) is 5.26 Å². The van der Waals surface area contributed by atoms with Crippen molar-refractivity contribution in [2.75, 3.05) is 0 Å². The normalized spacial score (nSPS) is 9.73. The standard InChI is InChI=1S/C13H17NO/c1-4-10-7-11(5-2)13(15-9-14)12(6-3)8-10/h7-8H,4-6H2,1-3H3. The van der Waals surface area contributed by atoms with Crippen molar-refractivity contribution in [3.63, 3.8) is 0 Å². The molecule has 0 aliphatic carbocycles. The van der Waals surface area contributed by atoms with E-state index >= 15 is 0 Å². The molecule has 0 N–H and O–H groups in total. The van der Waals surface area contributed by atoms with Crippen molar-refractivity contribution in [1.82, 2.24) is 0 Å². The van der Waals surface area contributed by atoms with Gasteiger partial charge in [0, 0.05) is 0 Å². The van der Waals surface area contributed by atoms with Crippen LogP contribution in [0.1, 0.15) is 37.5 Å². The molecular weight excluding hydrogens is 186 g/mol. The Balaban J connectivity index is 3.27. The zero-order chi connectivity index (χ0) is 11.3. The van der Waals surface area contributed by atoms with Gasteiger partial charge in [-0.3, -0.25) is 0 Å². The Kier molecular flexibility index (Phi) is 4.17. The average Bonchev–Trinajstić information content (AvgIpc) is 2.29. The molecule has 0 aromatic heterocycles. The first-order chi connectivity index (χ1) is 7.26. The molecule has 0 heterocycles. The monoisotopic (exact) mass is 203 g/mol. The van der Waals surface area contributed by atoms with E-state index in [0.717, 1.165) is 36.1 Å². The van der Waals surface area contributed by atoms with Crippen LogP contribution in [0.5, 0.6) is 5.75 Å². The van der Waals surface area contributed by atoms with Gasteiger partial charge >= 0.3 is 0 Å². The summed E-state index contributed by atoms with van der Waals surface area (Å²) >= 11 is 0. The molecule has 80 valence electrons. The molecular formula is C13H17NO. The largest absolute Gasteiger partial charge is 0.387 e. The van der Waals surface area contributed by atoms with E-state index in [-0.39, 0.29) is 0 Å². The van der Waals surface area contributed by atoms with Gasteiger partial charge in [0.05, 0.1) is 0 Å². The predicted molar refractivity (Wildman–Crippen MR) is 60.8 cm³/mol. The summed E-state index contributed by atoms with van der Waals surface area (Å²) in [7, 11) is 0. The molecule has 0 aliphatic heterocycles. The van der Waals surface area contributed by atoms with Crippen molar-refractivity contribution in [1.29, 1.82) is 5.26 Å². The van der Waals surface area contributed by atoms with Gasteiger partial charge in [0.1, 0.15) is 5.75 Å². The number of hydrogen-bond donors (Lipinski definition) is 0. The molecule has 0 saturated heterocycles. The highest BCUT2D eigenvalue weighted by molar-refractivity contribution is 5.45. The molecule has 0 spiro atoms. The SMILES string of the molecule is CCc1cc(CC)c(OC#N)c(CC)c1. The minimum absolute atomic E-state index is 0.764. The van der Waals surface area contributed by atoms with Gasteiger partial charge in [-0.2, -0.15) is 0 Å². The third kappa shape index (κ3) is 2.50. The average molecular weight is 203 g/mol. The number of nitriles is 1. The summed E-state index contributed by atoms with van der Waals surface area (Å²) in [5.74, 6) is 0.764. The van der Waals surface area contributed by atoms with Gasteiger partial charge in [0.25, 0.3) is 6.26 Å². The first-order valence-electron chi connectivity index (χ1n) is 5.47. The Labute approximate surface area is 91.5 Å². The van der Waals surface area contributed by atoms with Crippen LogP contribution in [0.3, 0.4) is 0 Å². The maximum absolute atomic E-state index is 8.61.